The van der Waals surface area contributed by atoms with Gasteiger partial charge >= 0.3 is 0 Å². The zero-order valence-electron chi connectivity index (χ0n) is 13.8. The van der Waals surface area contributed by atoms with E-state index in [1.807, 2.05) is 0 Å². The summed E-state index contributed by atoms with van der Waals surface area (Å²) in [5.74, 6) is 0.378. The van der Waals surface area contributed by atoms with E-state index >= 15 is 0 Å². The van der Waals surface area contributed by atoms with Gasteiger partial charge < -0.3 is 9.47 Å². The molecule has 0 radical (unpaired) electrons. The number of rotatable bonds is 8. The highest BCUT2D eigenvalue weighted by Gasteiger charge is 2.21. The molecule has 0 bridgehead atoms. The Hall–Kier alpha value is -1.89. The molecule has 0 saturated heterocycles. The van der Waals surface area contributed by atoms with Crippen LogP contribution in [0.25, 0.3) is 16.3 Å². The van der Waals surface area contributed by atoms with Crippen molar-refractivity contribution in [2.24, 2.45) is 0 Å². The van der Waals surface area contributed by atoms with Crippen LogP contribution >= 0.6 is 22.0 Å². The number of nitrogens with zero attached hydrogens (tertiary/aromatic N) is 4. The SMILES string of the molecule is COCCCOc1cc(S(=O)(=O)Cl)cn2c(-c3nnc(C(F)F)s3)ncc12. The number of halogens is 3. The van der Waals surface area contributed by atoms with E-state index in [2.05, 4.69) is 15.2 Å². The molecular weight excluding hydrogens is 426 g/mol. The van der Waals surface area contributed by atoms with Gasteiger partial charge in [0.25, 0.3) is 15.5 Å². The lowest BCUT2D eigenvalue weighted by Crippen LogP contribution is -2.04. The maximum Gasteiger partial charge on any atom is 0.291 e. The first-order valence-electron chi connectivity index (χ1n) is 7.50. The zero-order chi connectivity index (χ0) is 19.6. The maximum atomic E-state index is 12.8. The van der Waals surface area contributed by atoms with Crippen LogP contribution < -0.4 is 4.74 Å². The summed E-state index contributed by atoms with van der Waals surface area (Å²) in [6.07, 6.45) is 0.469. The van der Waals surface area contributed by atoms with Gasteiger partial charge in [0, 0.05) is 43.1 Å². The van der Waals surface area contributed by atoms with E-state index in [4.69, 9.17) is 20.2 Å². The lowest BCUT2D eigenvalue weighted by atomic mass is 10.4. The molecule has 0 aliphatic heterocycles. The van der Waals surface area contributed by atoms with Gasteiger partial charge in [-0.1, -0.05) is 11.3 Å². The van der Waals surface area contributed by atoms with Crippen LogP contribution in [0, 0.1) is 0 Å². The highest BCUT2D eigenvalue weighted by molar-refractivity contribution is 8.13. The molecule has 0 unspecified atom stereocenters. The number of hydrogen-bond acceptors (Lipinski definition) is 8. The number of hydrogen-bond donors (Lipinski definition) is 0. The molecule has 0 saturated carbocycles. The first-order chi connectivity index (χ1) is 12.8. The first kappa shape index (κ1) is 19.9. The zero-order valence-corrected chi connectivity index (χ0v) is 16.2. The van der Waals surface area contributed by atoms with Crippen molar-refractivity contribution in [3.8, 4) is 16.6 Å². The molecule has 13 heteroatoms. The Balaban J connectivity index is 2.08. The molecule has 0 fully saturated rings. The molecule has 3 heterocycles. The Morgan fingerprint density at radius 2 is 2.11 bits per heavy atom. The van der Waals surface area contributed by atoms with Gasteiger partial charge in [-0.15, -0.1) is 10.2 Å². The van der Waals surface area contributed by atoms with Crippen molar-refractivity contribution in [2.75, 3.05) is 20.3 Å². The Labute approximate surface area is 161 Å². The van der Waals surface area contributed by atoms with Gasteiger partial charge in [0.2, 0.25) is 0 Å². The second kappa shape index (κ2) is 8.00. The predicted molar refractivity (Wildman–Crippen MR) is 94.1 cm³/mol. The number of aromatic nitrogens is 4. The molecule has 3 rings (SSSR count). The minimum absolute atomic E-state index is 0.111. The molecule has 3 aromatic rings. The average molecular weight is 439 g/mol. The third-order valence-electron chi connectivity index (χ3n) is 3.43. The fourth-order valence-corrected chi connectivity index (χ4v) is 3.67. The van der Waals surface area contributed by atoms with E-state index in [0.717, 1.165) is 0 Å². The summed E-state index contributed by atoms with van der Waals surface area (Å²) in [5.41, 5.74) is 0.431. The summed E-state index contributed by atoms with van der Waals surface area (Å²) in [6, 6.07) is 1.28. The number of pyridine rings is 1. The lowest BCUT2D eigenvalue weighted by molar-refractivity contribution is 0.150. The summed E-state index contributed by atoms with van der Waals surface area (Å²) >= 11 is 0.662. The number of fused-ring (bicyclic) bond motifs is 1. The number of ether oxygens (including phenoxy) is 2. The predicted octanol–water partition coefficient (Wildman–Crippen LogP) is 3.13. The summed E-state index contributed by atoms with van der Waals surface area (Å²) in [4.78, 5) is 3.92. The van der Waals surface area contributed by atoms with E-state index in [-0.39, 0.29) is 28.1 Å². The van der Waals surface area contributed by atoms with E-state index in [9.17, 15) is 17.2 Å². The third-order valence-corrected chi connectivity index (χ3v) is 5.68. The number of imidazole rings is 1. The summed E-state index contributed by atoms with van der Waals surface area (Å²) in [6.45, 7) is 0.736. The van der Waals surface area contributed by atoms with Crippen LogP contribution in [0.15, 0.2) is 23.4 Å². The second-order valence-corrected chi connectivity index (χ2v) is 8.83. The van der Waals surface area contributed by atoms with Crippen molar-refractivity contribution in [1.82, 2.24) is 19.6 Å². The molecule has 0 spiro atoms. The fourth-order valence-electron chi connectivity index (χ4n) is 2.25. The van der Waals surface area contributed by atoms with Crippen molar-refractivity contribution >= 4 is 36.6 Å². The number of methoxy groups -OCH3 is 1. The highest BCUT2D eigenvalue weighted by Crippen LogP contribution is 2.33. The average Bonchev–Trinajstić information content (AvgIpc) is 3.24. The standard InChI is InChI=1S/C14H13ClF2N4O4S2/c1-24-3-2-4-25-10-5-8(27(15,22)23)7-21-9(10)6-18-12(21)14-20-19-13(26-14)11(16)17/h5-7,11H,2-4H2,1H3. The summed E-state index contributed by atoms with van der Waals surface area (Å²) in [5, 5.41) is 6.77. The van der Waals surface area contributed by atoms with Crippen LogP contribution in [0.5, 0.6) is 5.75 Å². The molecular formula is C14H13ClF2N4O4S2. The normalized spacial score (nSPS) is 12.2. The molecule has 0 N–H and O–H groups in total. The van der Waals surface area contributed by atoms with Gasteiger partial charge in [0.1, 0.15) is 16.2 Å². The van der Waals surface area contributed by atoms with Crippen LogP contribution in [0.3, 0.4) is 0 Å². The van der Waals surface area contributed by atoms with E-state index in [1.54, 1.807) is 7.11 Å². The van der Waals surface area contributed by atoms with E-state index < -0.39 is 20.5 Å². The smallest absolute Gasteiger partial charge is 0.291 e. The van der Waals surface area contributed by atoms with Crippen molar-refractivity contribution < 1.29 is 26.7 Å². The van der Waals surface area contributed by atoms with E-state index in [1.165, 1.54) is 22.9 Å². The molecule has 3 aromatic heterocycles. The van der Waals surface area contributed by atoms with Gasteiger partial charge in [-0.25, -0.2) is 22.2 Å². The van der Waals surface area contributed by atoms with Gasteiger partial charge in [0.15, 0.2) is 15.8 Å². The van der Waals surface area contributed by atoms with Crippen LogP contribution in [0.1, 0.15) is 17.9 Å². The summed E-state index contributed by atoms with van der Waals surface area (Å²) in [7, 11) is 2.95. The van der Waals surface area contributed by atoms with Crippen molar-refractivity contribution in [1.29, 1.82) is 0 Å². The Morgan fingerprint density at radius 1 is 1.33 bits per heavy atom. The van der Waals surface area contributed by atoms with Gasteiger partial charge in [-0.05, 0) is 0 Å². The van der Waals surface area contributed by atoms with Gasteiger partial charge in [-0.3, -0.25) is 4.40 Å². The lowest BCUT2D eigenvalue weighted by Gasteiger charge is -2.10. The van der Waals surface area contributed by atoms with Crippen molar-refractivity contribution in [3.63, 3.8) is 0 Å². The van der Waals surface area contributed by atoms with E-state index in [0.29, 0.717) is 29.9 Å². The minimum atomic E-state index is -4.07. The molecule has 0 aromatic carbocycles. The first-order valence-corrected chi connectivity index (χ1v) is 10.6. The van der Waals surface area contributed by atoms with Crippen molar-refractivity contribution in [3.05, 3.63) is 23.5 Å². The highest BCUT2D eigenvalue weighted by atomic mass is 35.7. The number of alkyl halides is 2. The van der Waals surface area contributed by atoms with Crippen molar-refractivity contribution in [2.45, 2.75) is 17.7 Å². The Morgan fingerprint density at radius 3 is 2.74 bits per heavy atom. The topological polar surface area (TPSA) is 95.7 Å². The second-order valence-electron chi connectivity index (χ2n) is 5.26. The van der Waals surface area contributed by atoms with Gasteiger partial charge in [-0.2, -0.15) is 0 Å². The molecule has 8 nitrogen and oxygen atoms in total. The molecule has 0 aliphatic carbocycles. The Bertz CT molecular complexity index is 1050. The molecule has 0 amide bonds. The summed E-state index contributed by atoms with van der Waals surface area (Å²) < 4.78 is 61.1. The van der Waals surface area contributed by atoms with Crippen LogP contribution in [-0.4, -0.2) is 48.3 Å². The maximum absolute atomic E-state index is 12.8. The third kappa shape index (κ3) is 4.34. The quantitative estimate of drug-likeness (QED) is 0.393. The van der Waals surface area contributed by atoms with Crippen LogP contribution in [0.2, 0.25) is 0 Å². The Kier molecular flexibility index (Phi) is 5.89. The fraction of sp³-hybridized carbons (Fsp3) is 0.357. The monoisotopic (exact) mass is 438 g/mol. The van der Waals surface area contributed by atoms with Crippen LogP contribution in [0.4, 0.5) is 8.78 Å². The molecule has 0 aliphatic rings. The van der Waals surface area contributed by atoms with Gasteiger partial charge in [0.05, 0.1) is 12.8 Å². The molecule has 27 heavy (non-hydrogen) atoms. The van der Waals surface area contributed by atoms with Crippen LogP contribution in [-0.2, 0) is 13.8 Å². The molecule has 146 valence electrons. The minimum Gasteiger partial charge on any atom is -0.491 e. The molecule has 0 atom stereocenters. The largest absolute Gasteiger partial charge is 0.491 e.